The van der Waals surface area contributed by atoms with Crippen LogP contribution in [0.1, 0.15) is 51.1 Å². The van der Waals surface area contributed by atoms with Crippen molar-refractivity contribution in [3.63, 3.8) is 0 Å². The minimum atomic E-state index is -0.282. The summed E-state index contributed by atoms with van der Waals surface area (Å²) in [4.78, 5) is 17.3. The average molecular weight is 336 g/mol. The van der Waals surface area contributed by atoms with Gasteiger partial charge in [-0.15, -0.1) is 0 Å². The Morgan fingerprint density at radius 2 is 2.16 bits per heavy atom. The number of hydrogen-bond donors (Lipinski definition) is 2. The zero-order valence-corrected chi connectivity index (χ0v) is 14.7. The average Bonchev–Trinajstić information content (AvgIpc) is 3.21. The lowest BCUT2D eigenvalue weighted by Crippen LogP contribution is -2.21. The van der Waals surface area contributed by atoms with Crippen molar-refractivity contribution in [2.24, 2.45) is 16.8 Å². The third-order valence-corrected chi connectivity index (χ3v) is 5.16. The van der Waals surface area contributed by atoms with Gasteiger partial charge in [-0.2, -0.15) is 5.10 Å². The van der Waals surface area contributed by atoms with Gasteiger partial charge in [0.15, 0.2) is 0 Å². The van der Waals surface area contributed by atoms with Gasteiger partial charge < -0.3 is 5.32 Å². The van der Waals surface area contributed by atoms with Gasteiger partial charge in [-0.05, 0) is 45.6 Å². The van der Waals surface area contributed by atoms with Crippen LogP contribution in [-0.4, -0.2) is 21.8 Å². The van der Waals surface area contributed by atoms with Gasteiger partial charge in [0.2, 0.25) is 5.91 Å². The van der Waals surface area contributed by atoms with E-state index in [0.29, 0.717) is 17.7 Å². The van der Waals surface area contributed by atoms with Crippen LogP contribution in [0.2, 0.25) is 0 Å². The summed E-state index contributed by atoms with van der Waals surface area (Å²) in [6.07, 6.45) is 13.1. The fourth-order valence-electron chi connectivity index (χ4n) is 3.33. The van der Waals surface area contributed by atoms with Gasteiger partial charge in [0.05, 0.1) is 11.6 Å². The Kier molecular flexibility index (Phi) is 4.15. The summed E-state index contributed by atoms with van der Waals surface area (Å²) >= 11 is 0. The van der Waals surface area contributed by atoms with Crippen molar-refractivity contribution in [1.29, 1.82) is 0 Å². The number of nitrogens with one attached hydrogen (secondary N) is 2. The Morgan fingerprint density at radius 3 is 2.96 bits per heavy atom. The van der Waals surface area contributed by atoms with Gasteiger partial charge in [0.25, 0.3) is 0 Å². The molecule has 5 heteroatoms. The maximum atomic E-state index is 12.6. The van der Waals surface area contributed by atoms with Crippen molar-refractivity contribution in [1.82, 2.24) is 10.2 Å². The molecule has 3 aliphatic rings. The molecule has 2 aliphatic carbocycles. The molecule has 1 saturated carbocycles. The molecule has 0 radical (unpaired) electrons. The molecule has 0 aromatic carbocycles. The molecule has 25 heavy (non-hydrogen) atoms. The summed E-state index contributed by atoms with van der Waals surface area (Å²) in [5, 5.41) is 10.1. The van der Waals surface area contributed by atoms with Crippen molar-refractivity contribution in [2.45, 2.75) is 45.4 Å². The molecule has 4 rings (SSSR count). The highest BCUT2D eigenvalue weighted by molar-refractivity contribution is 6.02. The molecule has 2 atom stereocenters. The van der Waals surface area contributed by atoms with Crippen LogP contribution >= 0.6 is 0 Å². The SMILES string of the molecule is CC1=C/CCC2C=C([C@H](C)C(=O)Nc3cc(C4CC4)n[nH]3)N=C2/C=C\1. The van der Waals surface area contributed by atoms with E-state index in [0.717, 1.165) is 29.9 Å². The first-order valence-electron chi connectivity index (χ1n) is 9.11. The van der Waals surface area contributed by atoms with Gasteiger partial charge in [-0.1, -0.05) is 23.8 Å². The summed E-state index contributed by atoms with van der Waals surface area (Å²) in [5.41, 5.74) is 4.25. The van der Waals surface area contributed by atoms with E-state index in [2.05, 4.69) is 46.7 Å². The van der Waals surface area contributed by atoms with Crippen LogP contribution in [0.5, 0.6) is 0 Å². The van der Waals surface area contributed by atoms with Crippen molar-refractivity contribution in [3.05, 3.63) is 47.3 Å². The van der Waals surface area contributed by atoms with E-state index in [-0.39, 0.29) is 11.8 Å². The number of carbonyl (C=O) groups is 1. The Bertz CT molecular complexity index is 807. The van der Waals surface area contributed by atoms with Crippen LogP contribution in [0.4, 0.5) is 5.82 Å². The molecule has 1 unspecified atom stereocenters. The number of aromatic nitrogens is 2. The van der Waals surface area contributed by atoms with Crippen molar-refractivity contribution in [3.8, 4) is 0 Å². The van der Waals surface area contributed by atoms with Gasteiger partial charge in [0, 0.05) is 29.3 Å². The summed E-state index contributed by atoms with van der Waals surface area (Å²) in [6.45, 7) is 4.02. The number of fused-ring (bicyclic) bond motifs is 1. The van der Waals surface area contributed by atoms with E-state index in [1.807, 2.05) is 13.0 Å². The normalized spacial score (nSPS) is 27.1. The summed E-state index contributed by atoms with van der Waals surface area (Å²) in [5.74, 6) is 1.24. The molecule has 130 valence electrons. The molecule has 0 bridgehead atoms. The smallest absolute Gasteiger partial charge is 0.234 e. The molecule has 1 aromatic heterocycles. The van der Waals surface area contributed by atoms with E-state index in [4.69, 9.17) is 4.99 Å². The second-order valence-corrected chi connectivity index (χ2v) is 7.29. The number of allylic oxidation sites excluding steroid dienone is 5. The highest BCUT2D eigenvalue weighted by Gasteiger charge is 2.28. The molecule has 1 aromatic rings. The van der Waals surface area contributed by atoms with E-state index in [1.165, 1.54) is 18.4 Å². The number of nitrogens with zero attached hydrogens (tertiary/aromatic N) is 2. The van der Waals surface area contributed by atoms with E-state index >= 15 is 0 Å². The third-order valence-electron chi connectivity index (χ3n) is 5.16. The minimum Gasteiger partial charge on any atom is -0.311 e. The standard InChI is InChI=1S/C20H24N4O/c1-12-4-3-5-15-10-17(21-16(15)9-6-12)13(2)20(25)22-19-11-18(23-24-19)14-7-8-14/h4,6,9-11,13-15H,3,5,7-8H2,1-2H3,(H2,22,23,24,25)/b9-6-,12-4-/t13-,15?/m0/s1. The van der Waals surface area contributed by atoms with Crippen LogP contribution in [0.25, 0.3) is 0 Å². The van der Waals surface area contributed by atoms with Gasteiger partial charge >= 0.3 is 0 Å². The lowest BCUT2D eigenvalue weighted by atomic mass is 9.94. The molecule has 1 amide bonds. The largest absolute Gasteiger partial charge is 0.311 e. The molecule has 1 fully saturated rings. The molecule has 0 spiro atoms. The predicted molar refractivity (Wildman–Crippen MR) is 99.5 cm³/mol. The molecule has 2 N–H and O–H groups in total. The lowest BCUT2D eigenvalue weighted by molar-refractivity contribution is -0.118. The monoisotopic (exact) mass is 336 g/mol. The van der Waals surface area contributed by atoms with Crippen molar-refractivity contribution >= 4 is 17.4 Å². The van der Waals surface area contributed by atoms with Crippen molar-refractivity contribution in [2.75, 3.05) is 5.32 Å². The zero-order chi connectivity index (χ0) is 17.4. The number of anilines is 1. The summed E-state index contributed by atoms with van der Waals surface area (Å²) in [7, 11) is 0. The van der Waals surface area contributed by atoms with Crippen LogP contribution in [0.3, 0.4) is 0 Å². The molecule has 2 heterocycles. The first-order valence-corrected chi connectivity index (χ1v) is 9.11. The first kappa shape index (κ1) is 16.1. The fourth-order valence-corrected chi connectivity index (χ4v) is 3.33. The summed E-state index contributed by atoms with van der Waals surface area (Å²) < 4.78 is 0. The van der Waals surface area contributed by atoms with Gasteiger partial charge in [-0.3, -0.25) is 14.9 Å². The molecular weight excluding hydrogens is 312 g/mol. The van der Waals surface area contributed by atoms with Crippen LogP contribution < -0.4 is 5.32 Å². The number of aliphatic imine (C=N–C) groups is 1. The number of amides is 1. The number of hydrogen-bond acceptors (Lipinski definition) is 3. The van der Waals surface area contributed by atoms with E-state index in [1.54, 1.807) is 0 Å². The quantitative estimate of drug-likeness (QED) is 0.868. The van der Waals surface area contributed by atoms with Crippen molar-refractivity contribution < 1.29 is 4.79 Å². The fraction of sp³-hybridized carbons (Fsp3) is 0.450. The third kappa shape index (κ3) is 3.50. The highest BCUT2D eigenvalue weighted by Crippen LogP contribution is 2.39. The highest BCUT2D eigenvalue weighted by atomic mass is 16.2. The predicted octanol–water partition coefficient (Wildman–Crippen LogP) is 4.11. The Balaban J connectivity index is 1.44. The van der Waals surface area contributed by atoms with Crippen LogP contribution in [0.15, 0.2) is 46.6 Å². The Labute approximate surface area is 148 Å². The summed E-state index contributed by atoms with van der Waals surface area (Å²) in [6, 6.07) is 1.95. The number of carbonyl (C=O) groups excluding carboxylic acids is 1. The lowest BCUT2D eigenvalue weighted by Gasteiger charge is -2.10. The Morgan fingerprint density at radius 1 is 1.32 bits per heavy atom. The van der Waals surface area contributed by atoms with Crippen LogP contribution in [-0.2, 0) is 4.79 Å². The second-order valence-electron chi connectivity index (χ2n) is 7.29. The van der Waals surface area contributed by atoms with E-state index < -0.39 is 0 Å². The number of rotatable bonds is 4. The Hall–Kier alpha value is -2.43. The van der Waals surface area contributed by atoms with E-state index in [9.17, 15) is 4.79 Å². The number of aromatic amines is 1. The number of H-pyrrole nitrogens is 1. The molecular formula is C20H24N4O. The maximum Gasteiger partial charge on any atom is 0.234 e. The molecule has 0 saturated heterocycles. The first-order chi connectivity index (χ1) is 12.1. The van der Waals surface area contributed by atoms with Gasteiger partial charge in [-0.25, -0.2) is 0 Å². The minimum absolute atomic E-state index is 0.0471. The maximum absolute atomic E-state index is 12.6. The zero-order valence-electron chi connectivity index (χ0n) is 14.7. The second kappa shape index (κ2) is 6.47. The molecule has 5 nitrogen and oxygen atoms in total. The van der Waals surface area contributed by atoms with Crippen LogP contribution in [0, 0.1) is 11.8 Å². The molecule has 1 aliphatic heterocycles. The van der Waals surface area contributed by atoms with Gasteiger partial charge in [0.1, 0.15) is 5.82 Å². The topological polar surface area (TPSA) is 70.1 Å².